The first kappa shape index (κ1) is 27.4. The Labute approximate surface area is 285 Å². The Bertz CT molecular complexity index is 2240. The van der Waals surface area contributed by atoms with Crippen LogP contribution in [0.4, 0.5) is 17.1 Å². The Morgan fingerprint density at radius 1 is 0.383 bits per heavy atom. The Kier molecular flexibility index (Phi) is 6.23. The van der Waals surface area contributed by atoms with Crippen molar-refractivity contribution in [1.82, 2.24) is 0 Å². The molecule has 0 unspecified atom stereocenters. The fourth-order valence-electron chi connectivity index (χ4n) is 8.27. The first-order valence-electron chi connectivity index (χ1n) is 16.1. The molecule has 0 saturated heterocycles. The largest absolute Gasteiger partial charge is 0.311 e. The van der Waals surface area contributed by atoms with Crippen LogP contribution in [0.25, 0.3) is 0 Å². The van der Waals surface area contributed by atoms with Crippen molar-refractivity contribution in [3.63, 3.8) is 0 Å². The Balaban J connectivity index is 1.29. The van der Waals surface area contributed by atoms with E-state index in [0.29, 0.717) is 0 Å². The van der Waals surface area contributed by atoms with Crippen molar-refractivity contribution in [3.8, 4) is 0 Å². The van der Waals surface area contributed by atoms with E-state index in [1.807, 2.05) is 23.5 Å². The predicted octanol–water partition coefficient (Wildman–Crippen LogP) is 6.29. The van der Waals surface area contributed by atoms with E-state index in [1.165, 1.54) is 73.8 Å². The highest BCUT2D eigenvalue weighted by atomic mass is 32.2. The summed E-state index contributed by atoms with van der Waals surface area (Å²) < 4.78 is 0. The van der Waals surface area contributed by atoms with E-state index in [4.69, 9.17) is 0 Å². The molecule has 7 aromatic carbocycles. The minimum atomic E-state index is -2.68. The molecule has 0 N–H and O–H groups in total. The predicted molar refractivity (Wildman–Crippen MR) is 204 cm³/mol. The van der Waals surface area contributed by atoms with Gasteiger partial charge in [0.2, 0.25) is 6.71 Å². The molecule has 0 fully saturated rings. The maximum atomic E-state index is 2.60. The van der Waals surface area contributed by atoms with Crippen LogP contribution in [0.1, 0.15) is 0 Å². The molecule has 220 valence electrons. The molecule has 0 amide bonds. The van der Waals surface area contributed by atoms with Crippen LogP contribution in [0.5, 0.6) is 0 Å². The van der Waals surface area contributed by atoms with Crippen molar-refractivity contribution in [1.29, 1.82) is 0 Å². The van der Waals surface area contributed by atoms with E-state index in [-0.39, 0.29) is 6.71 Å². The van der Waals surface area contributed by atoms with Crippen molar-refractivity contribution in [2.24, 2.45) is 0 Å². The standard InChI is InChI=1S/C42H28BNS2Si/c1-3-15-29(16-4-1)47(30-17-5-2-6-18-30)39-27-11-8-20-32(39)44(33-21-9-12-28-40(33)47)34-22-13-24-36-41(34)43-31-19-7-10-23-35(31)45-37-25-14-26-38(46-36)42(37)43/h1-28H. The number of fused-ring (bicyclic) bond motifs is 6. The number of anilines is 3. The van der Waals surface area contributed by atoms with Gasteiger partial charge in [0.15, 0.2) is 8.07 Å². The van der Waals surface area contributed by atoms with Gasteiger partial charge in [-0.25, -0.2) is 0 Å². The second-order valence-corrected chi connectivity index (χ2v) is 18.3. The number of hydrogen-bond acceptors (Lipinski definition) is 3. The number of rotatable bonds is 3. The van der Waals surface area contributed by atoms with Gasteiger partial charge in [-0.05, 0) is 74.1 Å². The van der Waals surface area contributed by atoms with Gasteiger partial charge in [0, 0.05) is 36.6 Å². The molecule has 7 aromatic rings. The lowest BCUT2D eigenvalue weighted by Gasteiger charge is -2.46. The van der Waals surface area contributed by atoms with Gasteiger partial charge in [-0.3, -0.25) is 0 Å². The summed E-state index contributed by atoms with van der Waals surface area (Å²) in [6, 6.07) is 63.9. The topological polar surface area (TPSA) is 3.24 Å². The van der Waals surface area contributed by atoms with Gasteiger partial charge in [0.25, 0.3) is 0 Å². The molecule has 0 atom stereocenters. The monoisotopic (exact) mass is 649 g/mol. The summed E-state index contributed by atoms with van der Waals surface area (Å²) in [5.74, 6) is 0. The molecular weight excluding hydrogens is 622 g/mol. The SMILES string of the molecule is c1ccc([Si]2(c3ccccc3)c3ccccc3N(c3cccc4c3B3c5ccccc5Sc5cccc(c53)S4)c3ccccc32)cc1. The van der Waals surface area contributed by atoms with Crippen LogP contribution in [0.2, 0.25) is 0 Å². The van der Waals surface area contributed by atoms with Gasteiger partial charge < -0.3 is 4.90 Å². The summed E-state index contributed by atoms with van der Waals surface area (Å²) >= 11 is 3.84. The van der Waals surface area contributed by atoms with E-state index >= 15 is 0 Å². The second-order valence-electron chi connectivity index (χ2n) is 12.4. The Morgan fingerprint density at radius 3 is 1.47 bits per heavy atom. The van der Waals surface area contributed by atoms with Crippen LogP contribution in [-0.4, -0.2) is 14.8 Å². The van der Waals surface area contributed by atoms with Crippen molar-refractivity contribution in [2.45, 2.75) is 19.6 Å². The zero-order valence-corrected chi connectivity index (χ0v) is 28.1. The number of hydrogen-bond donors (Lipinski definition) is 0. The maximum Gasteiger partial charge on any atom is 0.249 e. The molecule has 0 aromatic heterocycles. The highest BCUT2D eigenvalue weighted by Gasteiger charge is 2.49. The first-order chi connectivity index (χ1) is 23.3. The molecule has 10 rings (SSSR count). The number of nitrogens with zero attached hydrogens (tertiary/aromatic N) is 1. The van der Waals surface area contributed by atoms with Crippen LogP contribution in [0.3, 0.4) is 0 Å². The minimum Gasteiger partial charge on any atom is -0.311 e. The van der Waals surface area contributed by atoms with E-state index in [9.17, 15) is 0 Å². The fraction of sp³-hybridized carbons (Fsp3) is 0. The van der Waals surface area contributed by atoms with Crippen LogP contribution < -0.4 is 42.0 Å². The van der Waals surface area contributed by atoms with Crippen LogP contribution in [0, 0.1) is 0 Å². The smallest absolute Gasteiger partial charge is 0.249 e. The summed E-state index contributed by atoms with van der Waals surface area (Å²) in [7, 11) is -2.68. The molecule has 47 heavy (non-hydrogen) atoms. The molecule has 3 heterocycles. The number of para-hydroxylation sites is 2. The lowest BCUT2D eigenvalue weighted by molar-refractivity contribution is 1.27. The van der Waals surface area contributed by atoms with Gasteiger partial charge in [-0.2, -0.15) is 0 Å². The summed E-state index contributed by atoms with van der Waals surface area (Å²) in [6.45, 7) is 0.164. The molecular formula is C42H28BNS2Si. The molecule has 0 bridgehead atoms. The van der Waals surface area contributed by atoms with Crippen molar-refractivity contribution in [3.05, 3.63) is 170 Å². The fourth-order valence-corrected chi connectivity index (χ4v) is 15.8. The molecule has 3 aliphatic rings. The summed E-state index contributed by atoms with van der Waals surface area (Å²) in [5, 5.41) is 5.68. The molecule has 0 spiro atoms. The van der Waals surface area contributed by atoms with Gasteiger partial charge in [-0.15, -0.1) is 0 Å². The molecule has 0 radical (unpaired) electrons. The first-order valence-corrected chi connectivity index (χ1v) is 19.8. The average Bonchev–Trinajstić information content (AvgIpc) is 3.14. The van der Waals surface area contributed by atoms with Gasteiger partial charge in [0.05, 0.1) is 0 Å². The second kappa shape index (κ2) is 10.7. The minimum absolute atomic E-state index is 0.164. The number of benzene rings is 7. The lowest BCUT2D eigenvalue weighted by atomic mass is 9.36. The van der Waals surface area contributed by atoms with Crippen LogP contribution in [-0.2, 0) is 0 Å². The summed E-state index contributed by atoms with van der Waals surface area (Å²) in [5.41, 5.74) is 8.09. The lowest BCUT2D eigenvalue weighted by Crippen LogP contribution is -2.77. The van der Waals surface area contributed by atoms with E-state index in [2.05, 4.69) is 175 Å². The molecule has 0 saturated carbocycles. The summed E-state index contributed by atoms with van der Waals surface area (Å²) in [6.07, 6.45) is 0. The van der Waals surface area contributed by atoms with E-state index in [0.717, 1.165) is 0 Å². The van der Waals surface area contributed by atoms with Gasteiger partial charge >= 0.3 is 0 Å². The maximum absolute atomic E-state index is 2.68. The molecule has 5 heteroatoms. The third kappa shape index (κ3) is 3.88. The van der Waals surface area contributed by atoms with Gasteiger partial charge in [-0.1, -0.05) is 156 Å². The highest BCUT2D eigenvalue weighted by Crippen LogP contribution is 2.43. The van der Waals surface area contributed by atoms with E-state index < -0.39 is 8.07 Å². The molecule has 1 nitrogen and oxygen atoms in total. The summed E-state index contributed by atoms with van der Waals surface area (Å²) in [4.78, 5) is 8.04. The zero-order chi connectivity index (χ0) is 31.0. The van der Waals surface area contributed by atoms with Crippen molar-refractivity contribution >= 4 is 92.5 Å². The van der Waals surface area contributed by atoms with Crippen LogP contribution in [0.15, 0.2) is 189 Å². The van der Waals surface area contributed by atoms with Gasteiger partial charge in [0.1, 0.15) is 0 Å². The molecule has 0 aliphatic carbocycles. The third-order valence-corrected chi connectivity index (χ3v) is 17.2. The van der Waals surface area contributed by atoms with Crippen LogP contribution >= 0.6 is 23.5 Å². The third-order valence-electron chi connectivity index (χ3n) is 10.1. The average molecular weight is 650 g/mol. The van der Waals surface area contributed by atoms with Crippen molar-refractivity contribution in [2.75, 3.05) is 4.90 Å². The van der Waals surface area contributed by atoms with E-state index in [1.54, 1.807) is 0 Å². The highest BCUT2D eigenvalue weighted by molar-refractivity contribution is 8.01. The van der Waals surface area contributed by atoms with Crippen molar-refractivity contribution < 1.29 is 0 Å². The Morgan fingerprint density at radius 2 is 0.830 bits per heavy atom. The normalized spacial score (nSPS) is 14.7. The quantitative estimate of drug-likeness (QED) is 0.207. The molecule has 3 aliphatic heterocycles. The Hall–Kier alpha value is -4.68. The zero-order valence-electron chi connectivity index (χ0n) is 25.5.